The molecule has 1 aromatic heterocycles. The summed E-state index contributed by atoms with van der Waals surface area (Å²) in [4.78, 5) is 18.6. The van der Waals surface area contributed by atoms with Gasteiger partial charge in [-0.25, -0.2) is 15.0 Å². The van der Waals surface area contributed by atoms with Crippen molar-refractivity contribution in [3.05, 3.63) is 70.6 Å². The molecule has 0 radical (unpaired) electrons. The van der Waals surface area contributed by atoms with Crippen molar-refractivity contribution in [2.45, 2.75) is 6.92 Å². The summed E-state index contributed by atoms with van der Waals surface area (Å²) >= 11 is 0. The quantitative estimate of drug-likeness (QED) is 0.259. The third-order valence-corrected chi connectivity index (χ3v) is 4.45. The number of benzene rings is 2. The van der Waals surface area contributed by atoms with Crippen LogP contribution in [0.5, 0.6) is 5.75 Å². The van der Waals surface area contributed by atoms with Crippen LogP contribution < -0.4 is 37.1 Å². The van der Waals surface area contributed by atoms with E-state index >= 15 is 0 Å². The summed E-state index contributed by atoms with van der Waals surface area (Å²) in [5, 5.41) is 2.98. The van der Waals surface area contributed by atoms with Gasteiger partial charge < -0.3 is 4.74 Å². The van der Waals surface area contributed by atoms with Crippen molar-refractivity contribution in [2.24, 2.45) is 18.5 Å². The van der Waals surface area contributed by atoms with Crippen LogP contribution in [0, 0.1) is 6.92 Å². The van der Waals surface area contributed by atoms with Crippen LogP contribution in [0.2, 0.25) is 0 Å². The maximum atomic E-state index is 12.9. The summed E-state index contributed by atoms with van der Waals surface area (Å²) in [6.45, 7) is 1.83. The van der Waals surface area contributed by atoms with E-state index in [1.54, 1.807) is 28.6 Å². The van der Waals surface area contributed by atoms with Gasteiger partial charge in [-0.3, -0.25) is 20.9 Å². The lowest BCUT2D eigenvalue weighted by atomic mass is 10.3. The Bertz CT molecular complexity index is 1110. The van der Waals surface area contributed by atoms with E-state index in [4.69, 9.17) is 16.2 Å². The molecule has 0 bridgehead atoms. The molecular formula is C20H25N7O2+2. The highest BCUT2D eigenvalue weighted by Crippen LogP contribution is 2.14. The fourth-order valence-corrected chi connectivity index (χ4v) is 2.88. The average Bonchev–Trinajstić information content (AvgIpc) is 2.92. The van der Waals surface area contributed by atoms with Gasteiger partial charge in [0.1, 0.15) is 11.4 Å². The first-order valence-electron chi connectivity index (χ1n) is 8.94. The Morgan fingerprint density at radius 2 is 1.72 bits per heavy atom. The molecule has 3 aromatic rings. The van der Waals surface area contributed by atoms with Crippen molar-refractivity contribution in [1.82, 2.24) is 9.36 Å². The number of methoxy groups -OCH3 is 1. The number of hydrogen-bond acceptors (Lipinski definition) is 2. The molecule has 9 heteroatoms. The first-order valence-corrected chi connectivity index (χ1v) is 8.94. The van der Waals surface area contributed by atoms with Gasteiger partial charge in [0.15, 0.2) is 5.69 Å². The molecule has 0 saturated heterocycles. The normalized spacial score (nSPS) is 12.1. The molecule has 9 nitrogen and oxygen atoms in total. The van der Waals surface area contributed by atoms with Crippen LogP contribution in [0.3, 0.4) is 0 Å². The van der Waals surface area contributed by atoms with Crippen molar-refractivity contribution >= 4 is 23.3 Å². The molecule has 0 fully saturated rings. The molecule has 3 rings (SSSR count). The van der Waals surface area contributed by atoms with Gasteiger partial charge in [-0.2, -0.15) is 4.99 Å². The lowest BCUT2D eigenvalue weighted by molar-refractivity contribution is -0.459. The smallest absolute Gasteiger partial charge is 0.390 e. The minimum absolute atomic E-state index is 0.120. The number of rotatable bonds is 4. The summed E-state index contributed by atoms with van der Waals surface area (Å²) in [6, 6.07) is 16.6. The Morgan fingerprint density at radius 1 is 1.07 bits per heavy atom. The number of hydrogen-bond donors (Lipinski definition) is 5. The van der Waals surface area contributed by atoms with Crippen molar-refractivity contribution in [2.75, 3.05) is 12.4 Å². The first kappa shape index (κ1) is 19.7. The lowest BCUT2D eigenvalue weighted by Crippen LogP contribution is -2.96. The van der Waals surface area contributed by atoms with Gasteiger partial charge in [0, 0.05) is 7.05 Å². The lowest BCUT2D eigenvalue weighted by Gasteiger charge is -2.06. The molecule has 0 unspecified atom stereocenters. The molecule has 0 atom stereocenters. The zero-order chi connectivity index (χ0) is 21.0. The van der Waals surface area contributed by atoms with E-state index < -0.39 is 0 Å². The topological polar surface area (TPSA) is 128 Å². The Labute approximate surface area is 167 Å². The second-order valence-electron chi connectivity index (χ2n) is 6.37. The van der Waals surface area contributed by atoms with Crippen molar-refractivity contribution in [3.63, 3.8) is 0 Å². The van der Waals surface area contributed by atoms with Crippen LogP contribution >= 0.6 is 0 Å². The zero-order valence-electron chi connectivity index (χ0n) is 16.6. The number of aromatic nitrogens is 2. The second kappa shape index (κ2) is 8.34. The molecule has 0 aliphatic heterocycles. The summed E-state index contributed by atoms with van der Waals surface area (Å²) in [6.07, 6.45) is 0. The van der Waals surface area contributed by atoms with E-state index in [0.29, 0.717) is 5.69 Å². The number of ether oxygens (including phenoxy) is 1. The largest absolute Gasteiger partial charge is 0.497 e. The molecule has 2 aromatic carbocycles. The van der Waals surface area contributed by atoms with Crippen molar-refractivity contribution < 1.29 is 14.7 Å². The van der Waals surface area contributed by atoms with Crippen LogP contribution in [0.25, 0.3) is 5.69 Å². The SMILES string of the molecule is COc1ccc(NC(N)=[NH+]C(N)=[NH+]c2c(C)n(C)n(-c3ccccc3)c2=O)cc1. The van der Waals surface area contributed by atoms with Crippen LogP contribution in [0.1, 0.15) is 5.69 Å². The van der Waals surface area contributed by atoms with E-state index in [9.17, 15) is 4.79 Å². The number of nitrogens with zero attached hydrogens (tertiary/aromatic N) is 2. The molecule has 0 amide bonds. The molecule has 29 heavy (non-hydrogen) atoms. The van der Waals surface area contributed by atoms with E-state index in [1.807, 2.05) is 56.4 Å². The van der Waals surface area contributed by atoms with Crippen LogP contribution in [-0.4, -0.2) is 28.4 Å². The molecule has 150 valence electrons. The van der Waals surface area contributed by atoms with E-state index in [1.165, 1.54) is 0 Å². The Hall–Kier alpha value is -4.01. The van der Waals surface area contributed by atoms with Crippen LogP contribution in [0.15, 0.2) is 59.4 Å². The fourth-order valence-electron chi connectivity index (χ4n) is 2.88. The number of guanidine groups is 2. The van der Waals surface area contributed by atoms with E-state index in [-0.39, 0.29) is 17.5 Å². The third-order valence-electron chi connectivity index (χ3n) is 4.45. The summed E-state index contributed by atoms with van der Waals surface area (Å²) in [7, 11) is 3.41. The zero-order valence-corrected chi connectivity index (χ0v) is 16.6. The van der Waals surface area contributed by atoms with Gasteiger partial charge in [-0.15, -0.1) is 0 Å². The number of anilines is 1. The molecule has 0 aliphatic rings. The second-order valence-corrected chi connectivity index (χ2v) is 6.37. The predicted molar refractivity (Wildman–Crippen MR) is 112 cm³/mol. The highest BCUT2D eigenvalue weighted by Gasteiger charge is 2.18. The Morgan fingerprint density at radius 3 is 2.34 bits per heavy atom. The fraction of sp³-hybridized carbons (Fsp3) is 0.150. The number of para-hydroxylation sites is 1. The third kappa shape index (κ3) is 4.29. The molecule has 7 N–H and O–H groups in total. The monoisotopic (exact) mass is 395 g/mol. The van der Waals surface area contributed by atoms with Gasteiger partial charge in [-0.1, -0.05) is 18.2 Å². The summed E-state index contributed by atoms with van der Waals surface area (Å²) in [5.74, 6) is 1.07. The average molecular weight is 395 g/mol. The highest BCUT2D eigenvalue weighted by molar-refractivity contribution is 5.90. The van der Waals surface area contributed by atoms with Gasteiger partial charge in [-0.05, 0) is 43.3 Å². The maximum absolute atomic E-state index is 12.9. The Kier molecular flexibility index (Phi) is 5.68. The van der Waals surface area contributed by atoms with Gasteiger partial charge in [0.25, 0.3) is 0 Å². The number of nitrogens with one attached hydrogen (secondary N) is 3. The van der Waals surface area contributed by atoms with Crippen molar-refractivity contribution in [1.29, 1.82) is 0 Å². The Balaban J connectivity index is 1.87. The summed E-state index contributed by atoms with van der Waals surface area (Å²) < 4.78 is 8.44. The highest BCUT2D eigenvalue weighted by atomic mass is 16.5. The molecule has 0 spiro atoms. The minimum atomic E-state index is -0.220. The molecule has 0 aliphatic carbocycles. The van der Waals surface area contributed by atoms with Gasteiger partial charge in [0.05, 0.1) is 18.5 Å². The summed E-state index contributed by atoms with van der Waals surface area (Å²) in [5.41, 5.74) is 14.4. The molecule has 1 heterocycles. The van der Waals surface area contributed by atoms with E-state index in [0.717, 1.165) is 22.8 Å². The van der Waals surface area contributed by atoms with E-state index in [2.05, 4.69) is 15.3 Å². The first-order chi connectivity index (χ1) is 13.9. The van der Waals surface area contributed by atoms with Crippen molar-refractivity contribution in [3.8, 4) is 11.4 Å². The van der Waals surface area contributed by atoms with Crippen LogP contribution in [-0.2, 0) is 7.05 Å². The predicted octanol–water partition coefficient (Wildman–Crippen LogP) is -1.97. The van der Waals surface area contributed by atoms with Gasteiger partial charge >= 0.3 is 17.5 Å². The van der Waals surface area contributed by atoms with Gasteiger partial charge in [0.2, 0.25) is 0 Å². The van der Waals surface area contributed by atoms with Crippen LogP contribution in [0.4, 0.5) is 11.4 Å². The standard InChI is InChI=1S/C20H23N7O2/c1-13-17(18(28)27(26(13)2)15-7-5-4-6-8-15)24-20(22)25-19(21)23-14-9-11-16(29-3)12-10-14/h4-12H,1-3H3,(H5,21,22,23,24,25)/p+2. The maximum Gasteiger partial charge on any atom is 0.390 e. The molecular weight excluding hydrogens is 370 g/mol. The molecule has 0 saturated carbocycles. The number of nitrogens with two attached hydrogens (primary N) is 2. The minimum Gasteiger partial charge on any atom is -0.497 e.